The average Bonchev–Trinajstić information content (AvgIpc) is 3.19. The molecule has 0 saturated carbocycles. The zero-order chi connectivity index (χ0) is 20.0. The molecule has 28 heavy (non-hydrogen) atoms. The van der Waals surface area contributed by atoms with E-state index in [0.717, 1.165) is 41.2 Å². The van der Waals surface area contributed by atoms with Crippen LogP contribution in [0.4, 0.5) is 19.0 Å². The molecule has 0 unspecified atom stereocenters. The summed E-state index contributed by atoms with van der Waals surface area (Å²) in [5, 5.41) is 7.50. The average molecular weight is 414 g/mol. The fourth-order valence-electron chi connectivity index (χ4n) is 2.71. The fraction of sp³-hybridized carbons (Fsp3) is 0.471. The molecule has 0 spiro atoms. The van der Waals surface area contributed by atoms with Crippen LogP contribution in [0.1, 0.15) is 16.3 Å². The number of alkyl halides is 3. The number of morpholine rings is 1. The Morgan fingerprint density at radius 2 is 2.04 bits per heavy atom. The Balaban J connectivity index is 1.57. The molecule has 0 aliphatic carbocycles. The first-order valence-electron chi connectivity index (χ1n) is 8.70. The van der Waals surface area contributed by atoms with Gasteiger partial charge in [0.15, 0.2) is 11.7 Å². The van der Waals surface area contributed by atoms with Gasteiger partial charge in [-0.1, -0.05) is 6.07 Å². The standard InChI is InChI=1S/C17H21F3N6OS/c1-21-16(24-10-14-25-13(11-28-14)17(18,19)20)23-9-12-3-2-4-22-15(12)26-5-7-27-8-6-26/h2-4,11H,5-10H2,1H3,(H2,21,23,24). The minimum Gasteiger partial charge on any atom is -0.378 e. The van der Waals surface area contributed by atoms with Gasteiger partial charge in [-0.3, -0.25) is 4.99 Å². The zero-order valence-corrected chi connectivity index (χ0v) is 16.1. The van der Waals surface area contributed by atoms with E-state index in [4.69, 9.17) is 4.74 Å². The van der Waals surface area contributed by atoms with Crippen molar-refractivity contribution in [3.63, 3.8) is 0 Å². The maximum Gasteiger partial charge on any atom is 0.434 e. The summed E-state index contributed by atoms with van der Waals surface area (Å²) in [5.74, 6) is 1.36. The highest BCUT2D eigenvalue weighted by atomic mass is 32.1. The van der Waals surface area contributed by atoms with Crippen LogP contribution in [0.15, 0.2) is 28.7 Å². The molecule has 0 bridgehead atoms. The monoisotopic (exact) mass is 414 g/mol. The van der Waals surface area contributed by atoms with Gasteiger partial charge in [-0.2, -0.15) is 13.2 Å². The normalized spacial score (nSPS) is 15.6. The van der Waals surface area contributed by atoms with Gasteiger partial charge in [0.2, 0.25) is 0 Å². The van der Waals surface area contributed by atoms with Crippen LogP contribution in [0.2, 0.25) is 0 Å². The van der Waals surface area contributed by atoms with Crippen LogP contribution in [0.3, 0.4) is 0 Å². The molecule has 1 saturated heterocycles. The molecule has 2 aromatic heterocycles. The van der Waals surface area contributed by atoms with Crippen molar-refractivity contribution in [2.45, 2.75) is 19.3 Å². The minimum atomic E-state index is -4.43. The number of guanidine groups is 1. The van der Waals surface area contributed by atoms with Crippen molar-refractivity contribution >= 4 is 23.1 Å². The molecule has 2 aromatic rings. The van der Waals surface area contributed by atoms with Gasteiger partial charge in [-0.25, -0.2) is 9.97 Å². The second kappa shape index (κ2) is 9.20. The first-order valence-corrected chi connectivity index (χ1v) is 9.58. The quantitative estimate of drug-likeness (QED) is 0.578. The van der Waals surface area contributed by atoms with Gasteiger partial charge in [0.25, 0.3) is 0 Å². The van der Waals surface area contributed by atoms with Crippen LogP contribution in [0.25, 0.3) is 0 Å². The molecular weight excluding hydrogens is 393 g/mol. The van der Waals surface area contributed by atoms with Gasteiger partial charge < -0.3 is 20.3 Å². The third-order valence-electron chi connectivity index (χ3n) is 4.10. The molecule has 0 amide bonds. The topological polar surface area (TPSA) is 74.7 Å². The van der Waals surface area contributed by atoms with E-state index >= 15 is 0 Å². The Labute approximate surface area is 164 Å². The van der Waals surface area contributed by atoms with Crippen molar-refractivity contribution in [1.82, 2.24) is 20.6 Å². The lowest BCUT2D eigenvalue weighted by molar-refractivity contribution is -0.140. The van der Waals surface area contributed by atoms with Crippen molar-refractivity contribution in [2.24, 2.45) is 4.99 Å². The van der Waals surface area contributed by atoms with Gasteiger partial charge >= 0.3 is 6.18 Å². The zero-order valence-electron chi connectivity index (χ0n) is 15.3. The molecule has 1 fully saturated rings. The Morgan fingerprint density at radius 1 is 1.29 bits per heavy atom. The van der Waals surface area contributed by atoms with Crippen molar-refractivity contribution in [2.75, 3.05) is 38.3 Å². The molecule has 0 aromatic carbocycles. The molecular formula is C17H21F3N6OS. The number of aromatic nitrogens is 2. The lowest BCUT2D eigenvalue weighted by Crippen LogP contribution is -2.39. The Hall–Kier alpha value is -2.40. The number of nitrogens with one attached hydrogen (secondary N) is 2. The molecule has 3 heterocycles. The van der Waals surface area contributed by atoms with E-state index in [1.807, 2.05) is 12.1 Å². The summed E-state index contributed by atoms with van der Waals surface area (Å²) in [6, 6.07) is 3.85. The molecule has 1 aliphatic heterocycles. The first-order chi connectivity index (χ1) is 13.5. The van der Waals surface area contributed by atoms with Crippen LogP contribution in [-0.2, 0) is 24.0 Å². The van der Waals surface area contributed by atoms with Crippen LogP contribution in [-0.4, -0.2) is 49.3 Å². The van der Waals surface area contributed by atoms with Crippen molar-refractivity contribution in [1.29, 1.82) is 0 Å². The molecule has 0 atom stereocenters. The number of hydrogen-bond acceptors (Lipinski definition) is 6. The third-order valence-corrected chi connectivity index (χ3v) is 4.95. The summed E-state index contributed by atoms with van der Waals surface area (Å²) < 4.78 is 43.3. The lowest BCUT2D eigenvalue weighted by atomic mass is 10.2. The Morgan fingerprint density at radius 3 is 2.71 bits per heavy atom. The highest BCUT2D eigenvalue weighted by Crippen LogP contribution is 2.29. The second-order valence-electron chi connectivity index (χ2n) is 5.99. The van der Waals surface area contributed by atoms with E-state index in [2.05, 4.69) is 30.5 Å². The number of pyridine rings is 1. The predicted molar refractivity (Wildman–Crippen MR) is 101 cm³/mol. The molecule has 1 aliphatic rings. The smallest absolute Gasteiger partial charge is 0.378 e. The number of halogens is 3. The number of thiazole rings is 1. The summed E-state index contributed by atoms with van der Waals surface area (Å²) >= 11 is 0.960. The van der Waals surface area contributed by atoms with Crippen molar-refractivity contribution in [3.8, 4) is 0 Å². The van der Waals surface area contributed by atoms with E-state index in [1.54, 1.807) is 13.2 Å². The maximum atomic E-state index is 12.6. The number of anilines is 1. The first kappa shape index (κ1) is 20.3. The van der Waals surface area contributed by atoms with E-state index in [-0.39, 0.29) is 6.54 Å². The van der Waals surface area contributed by atoms with E-state index in [0.29, 0.717) is 30.7 Å². The number of ether oxygens (including phenoxy) is 1. The predicted octanol–water partition coefficient (Wildman–Crippen LogP) is 2.26. The molecule has 152 valence electrons. The summed E-state index contributed by atoms with van der Waals surface area (Å²) in [6.07, 6.45) is -2.67. The number of rotatable bonds is 5. The fourth-order valence-corrected chi connectivity index (χ4v) is 3.45. The molecule has 0 radical (unpaired) electrons. The molecule has 3 rings (SSSR count). The van der Waals surface area contributed by atoms with Gasteiger partial charge in [-0.05, 0) is 6.07 Å². The minimum absolute atomic E-state index is 0.157. The van der Waals surface area contributed by atoms with E-state index in [9.17, 15) is 13.2 Å². The molecule has 11 heteroatoms. The van der Waals surface area contributed by atoms with Crippen molar-refractivity contribution < 1.29 is 17.9 Å². The molecule has 2 N–H and O–H groups in total. The van der Waals surface area contributed by atoms with Gasteiger partial charge in [0, 0.05) is 43.8 Å². The SMILES string of the molecule is CN=C(NCc1nc(C(F)(F)F)cs1)NCc1cccnc1N1CCOCC1. The Kier molecular flexibility index (Phi) is 6.68. The highest BCUT2D eigenvalue weighted by molar-refractivity contribution is 7.09. The summed E-state index contributed by atoms with van der Waals surface area (Å²) in [7, 11) is 1.60. The maximum absolute atomic E-state index is 12.6. The summed E-state index contributed by atoms with van der Waals surface area (Å²) in [4.78, 5) is 14.4. The number of nitrogens with zero attached hydrogens (tertiary/aromatic N) is 4. The Bertz CT molecular complexity index is 804. The number of aliphatic imine (C=N–C) groups is 1. The second-order valence-corrected chi connectivity index (χ2v) is 6.93. The van der Waals surface area contributed by atoms with Crippen LogP contribution in [0.5, 0.6) is 0 Å². The van der Waals surface area contributed by atoms with E-state index < -0.39 is 11.9 Å². The lowest BCUT2D eigenvalue weighted by Gasteiger charge is -2.29. The largest absolute Gasteiger partial charge is 0.434 e. The number of hydrogen-bond donors (Lipinski definition) is 2. The van der Waals surface area contributed by atoms with Crippen LogP contribution >= 0.6 is 11.3 Å². The summed E-state index contributed by atoms with van der Waals surface area (Å²) in [6.45, 7) is 3.53. The van der Waals surface area contributed by atoms with Crippen molar-refractivity contribution in [3.05, 3.63) is 40.0 Å². The van der Waals surface area contributed by atoms with Gasteiger partial charge in [0.1, 0.15) is 10.8 Å². The van der Waals surface area contributed by atoms with E-state index in [1.165, 1.54) is 0 Å². The highest BCUT2D eigenvalue weighted by Gasteiger charge is 2.33. The molecule has 7 nitrogen and oxygen atoms in total. The van der Waals surface area contributed by atoms with Crippen LogP contribution in [0, 0.1) is 0 Å². The summed E-state index contributed by atoms with van der Waals surface area (Å²) in [5.41, 5.74) is 0.128. The third kappa shape index (κ3) is 5.32. The van der Waals surface area contributed by atoms with Gasteiger partial charge in [0.05, 0.1) is 19.8 Å². The van der Waals surface area contributed by atoms with Gasteiger partial charge in [-0.15, -0.1) is 11.3 Å². The van der Waals surface area contributed by atoms with Crippen LogP contribution < -0.4 is 15.5 Å².